The molecule has 3 aliphatic carbocycles. The van der Waals surface area contributed by atoms with Crippen molar-refractivity contribution in [2.45, 2.75) is 97.6 Å². The third kappa shape index (κ3) is 2.24. The molecule has 4 heteroatoms. The van der Waals surface area contributed by atoms with Crippen LogP contribution in [-0.4, -0.2) is 33.4 Å². The van der Waals surface area contributed by atoms with Crippen LogP contribution in [0.1, 0.15) is 85.5 Å². The molecule has 0 radical (unpaired) electrons. The van der Waals surface area contributed by atoms with Crippen LogP contribution in [0.2, 0.25) is 0 Å². The normalized spacial score (nSPS) is 50.2. The second kappa shape index (κ2) is 5.94. The van der Waals surface area contributed by atoms with Crippen molar-refractivity contribution in [3.05, 3.63) is 0 Å². The molecule has 3 saturated carbocycles. The number of hydrogen-bond acceptors (Lipinski definition) is 3. The van der Waals surface area contributed by atoms with Gasteiger partial charge in [-0.3, -0.25) is 10.0 Å². The molecule has 0 aromatic rings. The molecule has 7 atom stereocenters. The molecule has 0 aromatic heterocycles. The van der Waals surface area contributed by atoms with Crippen molar-refractivity contribution in [2.75, 3.05) is 0 Å². The Kier molecular flexibility index (Phi) is 4.28. The van der Waals surface area contributed by atoms with Gasteiger partial charge in [-0.05, 0) is 80.0 Å². The Morgan fingerprint density at radius 3 is 2.46 bits per heavy atom. The largest absolute Gasteiger partial charge is 0.393 e. The van der Waals surface area contributed by atoms with Gasteiger partial charge in [-0.2, -0.15) is 0 Å². The maximum Gasteiger partial charge on any atom is 0.252 e. The van der Waals surface area contributed by atoms with E-state index in [0.29, 0.717) is 29.6 Å². The number of piperidine rings is 1. The molecule has 26 heavy (non-hydrogen) atoms. The molecule has 1 amide bonds. The molecule has 1 saturated heterocycles. The molecule has 2 unspecified atom stereocenters. The summed E-state index contributed by atoms with van der Waals surface area (Å²) in [6.45, 7) is 8.92. The van der Waals surface area contributed by atoms with Gasteiger partial charge in [-0.15, -0.1) is 0 Å². The molecule has 1 aliphatic heterocycles. The van der Waals surface area contributed by atoms with E-state index in [1.807, 2.05) is 0 Å². The zero-order valence-corrected chi connectivity index (χ0v) is 17.0. The van der Waals surface area contributed by atoms with Gasteiger partial charge in [-0.1, -0.05) is 34.1 Å². The van der Waals surface area contributed by atoms with Gasteiger partial charge in [0.1, 0.15) is 0 Å². The minimum absolute atomic E-state index is 0.0947. The smallest absolute Gasteiger partial charge is 0.252 e. The summed E-state index contributed by atoms with van der Waals surface area (Å²) in [5, 5.41) is 23.0. The molecular formula is C22H37NO3. The highest BCUT2D eigenvalue weighted by Crippen LogP contribution is 2.66. The van der Waals surface area contributed by atoms with E-state index < -0.39 is 5.41 Å². The molecule has 2 N–H and O–H groups in total. The molecular weight excluding hydrogens is 326 g/mol. The van der Waals surface area contributed by atoms with Crippen molar-refractivity contribution in [3.8, 4) is 0 Å². The summed E-state index contributed by atoms with van der Waals surface area (Å²) in [6, 6.07) is -0.233. The number of carbonyl (C=O) groups excluding carboxylic acids is 1. The monoisotopic (exact) mass is 363 g/mol. The number of hydroxylamine groups is 2. The molecule has 1 heterocycles. The van der Waals surface area contributed by atoms with Gasteiger partial charge < -0.3 is 5.11 Å². The van der Waals surface area contributed by atoms with E-state index in [0.717, 1.165) is 30.7 Å². The number of fused-ring (bicyclic) bond motifs is 5. The number of rotatable bonds is 2. The topological polar surface area (TPSA) is 60.8 Å². The maximum absolute atomic E-state index is 13.0. The first-order valence-electron chi connectivity index (χ1n) is 10.9. The summed E-state index contributed by atoms with van der Waals surface area (Å²) in [6.07, 6.45) is 8.77. The van der Waals surface area contributed by atoms with Crippen molar-refractivity contribution in [1.29, 1.82) is 0 Å². The van der Waals surface area contributed by atoms with Crippen LogP contribution in [-0.2, 0) is 4.79 Å². The van der Waals surface area contributed by atoms with Gasteiger partial charge in [0, 0.05) is 0 Å². The molecule has 4 aliphatic rings. The lowest BCUT2D eigenvalue weighted by Gasteiger charge is -2.64. The summed E-state index contributed by atoms with van der Waals surface area (Å²) >= 11 is 0. The van der Waals surface area contributed by atoms with Gasteiger partial charge in [0.25, 0.3) is 5.91 Å². The first kappa shape index (κ1) is 18.7. The Morgan fingerprint density at radius 2 is 1.81 bits per heavy atom. The van der Waals surface area contributed by atoms with E-state index in [1.165, 1.54) is 25.7 Å². The average Bonchev–Trinajstić information content (AvgIpc) is 3.02. The molecule has 0 spiro atoms. The lowest BCUT2D eigenvalue weighted by molar-refractivity contribution is -0.256. The first-order chi connectivity index (χ1) is 12.2. The van der Waals surface area contributed by atoms with Gasteiger partial charge in [0.2, 0.25) is 0 Å². The highest BCUT2D eigenvalue weighted by atomic mass is 16.5. The van der Waals surface area contributed by atoms with E-state index in [2.05, 4.69) is 27.7 Å². The average molecular weight is 364 g/mol. The number of nitrogens with zero attached hydrogens (tertiary/aromatic N) is 1. The van der Waals surface area contributed by atoms with Gasteiger partial charge in [0.05, 0.1) is 17.6 Å². The van der Waals surface area contributed by atoms with Crippen molar-refractivity contribution in [2.24, 2.45) is 34.0 Å². The number of hydrogen-bond donors (Lipinski definition) is 2. The number of carbonyl (C=O) groups is 1. The highest BCUT2D eigenvalue weighted by Gasteiger charge is 2.65. The summed E-state index contributed by atoms with van der Waals surface area (Å²) in [5.74, 6) is 1.24. The fraction of sp³-hybridized carbons (Fsp3) is 0.955. The van der Waals surface area contributed by atoms with E-state index in [4.69, 9.17) is 0 Å². The molecule has 0 aromatic carbocycles. The fourth-order valence-electron chi connectivity index (χ4n) is 8.01. The van der Waals surface area contributed by atoms with Crippen LogP contribution in [0.15, 0.2) is 0 Å². The standard InChI is InChI=1S/C22H37NO3/c1-5-22(6-2)13-21(4)15-9-11-20(3)10-7-8-14(20)18(15)16(24)12-17(21)23(26)19(22)25/h14-18,24,26H,5-13H2,1-4H3/t14-,15+,16?,17?,18-,20-,21+/m0/s1. The van der Waals surface area contributed by atoms with E-state index in [-0.39, 0.29) is 23.5 Å². The van der Waals surface area contributed by atoms with Gasteiger partial charge in [0.15, 0.2) is 0 Å². The predicted octanol–water partition coefficient (Wildman–Crippen LogP) is 4.39. The second-order valence-corrected chi connectivity index (χ2v) is 10.5. The minimum atomic E-state index is -0.441. The first-order valence-corrected chi connectivity index (χ1v) is 10.9. The van der Waals surface area contributed by atoms with Crippen molar-refractivity contribution in [3.63, 3.8) is 0 Å². The van der Waals surface area contributed by atoms with Gasteiger partial charge >= 0.3 is 0 Å². The van der Waals surface area contributed by atoms with Crippen LogP contribution in [0.5, 0.6) is 0 Å². The molecule has 148 valence electrons. The SMILES string of the molecule is CCC1(CC)C[C@@]2(C)C(CC(O)[C@@H]3[C@H]2CC[C@]2(C)CCC[C@@H]32)N(O)C1=O. The molecule has 4 nitrogen and oxygen atoms in total. The summed E-state index contributed by atoms with van der Waals surface area (Å²) in [7, 11) is 0. The second-order valence-electron chi connectivity index (χ2n) is 10.5. The van der Waals surface area contributed by atoms with Crippen molar-refractivity contribution >= 4 is 5.91 Å². The fourth-order valence-corrected chi connectivity index (χ4v) is 8.01. The third-order valence-corrected chi connectivity index (χ3v) is 9.66. The Hall–Kier alpha value is -0.610. The highest BCUT2D eigenvalue weighted by molar-refractivity contribution is 5.83. The maximum atomic E-state index is 13.0. The lowest BCUT2D eigenvalue weighted by atomic mass is 9.45. The van der Waals surface area contributed by atoms with Gasteiger partial charge in [-0.25, -0.2) is 5.06 Å². The third-order valence-electron chi connectivity index (χ3n) is 9.66. The quantitative estimate of drug-likeness (QED) is 0.716. The predicted molar refractivity (Wildman–Crippen MR) is 100 cm³/mol. The van der Waals surface area contributed by atoms with Crippen LogP contribution in [0, 0.1) is 34.0 Å². The zero-order chi connectivity index (χ0) is 18.9. The van der Waals surface area contributed by atoms with Crippen LogP contribution >= 0.6 is 0 Å². The Balaban J connectivity index is 1.75. The Morgan fingerprint density at radius 1 is 1.12 bits per heavy atom. The van der Waals surface area contributed by atoms with Crippen LogP contribution in [0.25, 0.3) is 0 Å². The van der Waals surface area contributed by atoms with Crippen molar-refractivity contribution in [1.82, 2.24) is 5.06 Å². The number of aliphatic hydroxyl groups excluding tert-OH is 1. The summed E-state index contributed by atoms with van der Waals surface area (Å²) in [4.78, 5) is 13.0. The van der Waals surface area contributed by atoms with Crippen LogP contribution in [0.3, 0.4) is 0 Å². The van der Waals surface area contributed by atoms with E-state index in [9.17, 15) is 15.1 Å². The number of aliphatic hydroxyl groups is 1. The van der Waals surface area contributed by atoms with E-state index in [1.54, 1.807) is 0 Å². The van der Waals surface area contributed by atoms with Crippen LogP contribution < -0.4 is 0 Å². The minimum Gasteiger partial charge on any atom is -0.393 e. The van der Waals surface area contributed by atoms with Crippen molar-refractivity contribution < 1.29 is 15.1 Å². The van der Waals surface area contributed by atoms with Crippen LogP contribution in [0.4, 0.5) is 0 Å². The van der Waals surface area contributed by atoms with E-state index >= 15 is 0 Å². The Bertz CT molecular complexity index is 588. The number of amides is 1. The summed E-state index contributed by atoms with van der Waals surface area (Å²) < 4.78 is 0. The molecule has 0 bridgehead atoms. The zero-order valence-electron chi connectivity index (χ0n) is 17.0. The molecule has 4 fully saturated rings. The summed E-state index contributed by atoms with van der Waals surface area (Å²) in [5.41, 5.74) is -0.146. The Labute approximate surface area is 158 Å². The lowest BCUT2D eigenvalue weighted by Crippen LogP contribution is -2.68. The molecule has 4 rings (SSSR count).